The summed E-state index contributed by atoms with van der Waals surface area (Å²) in [4.78, 5) is 23.1. The smallest absolute Gasteiger partial charge is 0.322 e. The van der Waals surface area contributed by atoms with Crippen LogP contribution in [0.25, 0.3) is 0 Å². The molecule has 0 amide bonds. The number of aliphatic hydroxyl groups excluding tert-OH is 2. The van der Waals surface area contributed by atoms with Crippen LogP contribution in [0.5, 0.6) is 24.0 Å². The molecule has 2 aromatic rings. The van der Waals surface area contributed by atoms with Crippen LogP contribution in [-0.4, -0.2) is 68.6 Å². The molecule has 0 aliphatic heterocycles. The molecule has 24 heavy (non-hydrogen) atoms. The Labute approximate surface area is 136 Å². The Morgan fingerprint density at radius 3 is 1.00 bits per heavy atom. The number of aliphatic hydroxyl groups is 2. The Balaban J connectivity index is 2.37. The minimum absolute atomic E-state index is 0.0890. The highest BCUT2D eigenvalue weighted by molar-refractivity contribution is 5.12. The summed E-state index contributed by atoms with van der Waals surface area (Å²) in [5.41, 5.74) is 0. The van der Waals surface area contributed by atoms with E-state index in [1.54, 1.807) is 0 Å². The summed E-state index contributed by atoms with van der Waals surface area (Å²) in [5.74, 6) is -0.380. The van der Waals surface area contributed by atoms with Crippen molar-refractivity contribution in [2.45, 2.75) is 12.2 Å². The first kappa shape index (κ1) is 17.5. The van der Waals surface area contributed by atoms with E-state index in [9.17, 15) is 10.2 Å². The highest BCUT2D eigenvalue weighted by Crippen LogP contribution is 2.27. The van der Waals surface area contributed by atoms with E-state index in [2.05, 4.69) is 29.9 Å². The van der Waals surface area contributed by atoms with Crippen molar-refractivity contribution in [3.63, 3.8) is 0 Å². The molecule has 2 heterocycles. The Bertz CT molecular complexity index is 598. The highest BCUT2D eigenvalue weighted by Gasteiger charge is 2.28. The predicted molar refractivity (Wildman–Crippen MR) is 75.8 cm³/mol. The van der Waals surface area contributed by atoms with Crippen LogP contribution in [0.3, 0.4) is 0 Å². The van der Waals surface area contributed by atoms with E-state index in [0.717, 1.165) is 0 Å². The molecule has 2 unspecified atom stereocenters. The molecular formula is C12H16N6O6. The number of rotatable bonds is 7. The molecule has 2 rings (SSSR count). The average molecular weight is 340 g/mol. The van der Waals surface area contributed by atoms with Crippen LogP contribution in [-0.2, 0) is 0 Å². The molecule has 0 radical (unpaired) electrons. The molecular weight excluding hydrogens is 324 g/mol. The second kappa shape index (κ2) is 7.61. The number of ether oxygens (including phenoxy) is 4. The van der Waals surface area contributed by atoms with Crippen LogP contribution in [0.1, 0.15) is 23.9 Å². The molecule has 0 aromatic carbocycles. The van der Waals surface area contributed by atoms with Gasteiger partial charge in [-0.1, -0.05) is 0 Å². The van der Waals surface area contributed by atoms with Crippen molar-refractivity contribution in [1.82, 2.24) is 29.9 Å². The van der Waals surface area contributed by atoms with Gasteiger partial charge in [-0.15, -0.1) is 9.97 Å². The van der Waals surface area contributed by atoms with Crippen molar-refractivity contribution in [3.8, 4) is 24.0 Å². The summed E-state index contributed by atoms with van der Waals surface area (Å²) in [5, 5.41) is 20.6. The number of hydrogen-bond acceptors (Lipinski definition) is 12. The number of methoxy groups -OCH3 is 4. The summed E-state index contributed by atoms with van der Waals surface area (Å²) in [7, 11) is 5.35. The van der Waals surface area contributed by atoms with E-state index in [1.165, 1.54) is 28.4 Å². The zero-order chi connectivity index (χ0) is 17.7. The molecule has 2 aromatic heterocycles. The Kier molecular flexibility index (Phi) is 5.55. The summed E-state index contributed by atoms with van der Waals surface area (Å²) in [6, 6.07) is -0.356. The lowest BCUT2D eigenvalue weighted by Gasteiger charge is -2.16. The molecule has 0 fully saturated rings. The van der Waals surface area contributed by atoms with Crippen molar-refractivity contribution in [1.29, 1.82) is 0 Å². The summed E-state index contributed by atoms with van der Waals surface area (Å²) >= 11 is 0. The Morgan fingerprint density at radius 1 is 0.542 bits per heavy atom. The van der Waals surface area contributed by atoms with Gasteiger partial charge in [0.05, 0.1) is 28.4 Å². The van der Waals surface area contributed by atoms with Crippen LogP contribution in [0, 0.1) is 0 Å². The van der Waals surface area contributed by atoms with Gasteiger partial charge in [0.25, 0.3) is 0 Å². The molecule has 2 N–H and O–H groups in total. The van der Waals surface area contributed by atoms with E-state index in [4.69, 9.17) is 18.9 Å². The second-order valence-corrected chi connectivity index (χ2v) is 4.22. The van der Waals surface area contributed by atoms with Gasteiger partial charge in [-0.25, -0.2) is 0 Å². The molecule has 130 valence electrons. The van der Waals surface area contributed by atoms with Crippen molar-refractivity contribution in [2.75, 3.05) is 28.4 Å². The van der Waals surface area contributed by atoms with Crippen LogP contribution in [0.4, 0.5) is 0 Å². The third-order valence-electron chi connectivity index (χ3n) is 2.78. The molecule has 0 spiro atoms. The summed E-state index contributed by atoms with van der Waals surface area (Å²) in [6.07, 6.45) is -3.18. The third kappa shape index (κ3) is 3.72. The van der Waals surface area contributed by atoms with E-state index < -0.39 is 12.2 Å². The van der Waals surface area contributed by atoms with Crippen LogP contribution in [0.2, 0.25) is 0 Å². The lowest BCUT2D eigenvalue weighted by Crippen LogP contribution is -2.18. The lowest BCUT2D eigenvalue weighted by molar-refractivity contribution is 0.00461. The zero-order valence-corrected chi connectivity index (χ0v) is 13.4. The standard InChI is InChI=1S/C12H16N6O6/c1-21-9-13-7(14-10(17-9)22-2)5(19)6(20)8-15-11(23-3)18-12(16-8)24-4/h5-6,19-20H,1-4H3. The van der Waals surface area contributed by atoms with Gasteiger partial charge in [0.2, 0.25) is 0 Å². The second-order valence-electron chi connectivity index (χ2n) is 4.22. The van der Waals surface area contributed by atoms with Crippen molar-refractivity contribution in [2.24, 2.45) is 0 Å². The van der Waals surface area contributed by atoms with Gasteiger partial charge < -0.3 is 29.2 Å². The average Bonchev–Trinajstić information content (AvgIpc) is 2.65. The Morgan fingerprint density at radius 2 is 0.792 bits per heavy atom. The first-order valence-corrected chi connectivity index (χ1v) is 6.56. The maximum atomic E-state index is 10.3. The van der Waals surface area contributed by atoms with Gasteiger partial charge in [0.15, 0.2) is 11.6 Å². The van der Waals surface area contributed by atoms with Crippen molar-refractivity contribution in [3.05, 3.63) is 11.6 Å². The van der Waals surface area contributed by atoms with Gasteiger partial charge in [0.1, 0.15) is 12.2 Å². The summed E-state index contributed by atoms with van der Waals surface area (Å²) < 4.78 is 19.6. The number of hydrogen-bond donors (Lipinski definition) is 2. The Hall–Kier alpha value is -2.86. The molecule has 0 saturated carbocycles. The zero-order valence-electron chi connectivity index (χ0n) is 13.4. The van der Waals surface area contributed by atoms with Crippen LogP contribution < -0.4 is 18.9 Å². The largest absolute Gasteiger partial charge is 0.467 e. The van der Waals surface area contributed by atoms with Crippen molar-refractivity contribution >= 4 is 0 Å². The number of aromatic nitrogens is 6. The van der Waals surface area contributed by atoms with E-state index >= 15 is 0 Å². The maximum Gasteiger partial charge on any atom is 0.322 e. The minimum atomic E-state index is -1.59. The molecule has 0 aliphatic rings. The fourth-order valence-electron chi connectivity index (χ4n) is 1.62. The van der Waals surface area contributed by atoms with Gasteiger partial charge in [-0.2, -0.15) is 19.9 Å². The van der Waals surface area contributed by atoms with Crippen molar-refractivity contribution < 1.29 is 29.2 Å². The van der Waals surface area contributed by atoms with E-state index in [-0.39, 0.29) is 35.7 Å². The van der Waals surface area contributed by atoms with Gasteiger partial charge >= 0.3 is 24.0 Å². The SMILES string of the molecule is COc1nc(OC)nc(C(O)C(O)c2nc(OC)nc(OC)n2)n1. The van der Waals surface area contributed by atoms with Gasteiger partial charge in [-0.3, -0.25) is 0 Å². The minimum Gasteiger partial charge on any atom is -0.467 e. The predicted octanol–water partition coefficient (Wildman–Crippen LogP) is -1.14. The number of nitrogens with zero attached hydrogens (tertiary/aromatic N) is 6. The van der Waals surface area contributed by atoms with Gasteiger partial charge in [0, 0.05) is 0 Å². The normalized spacial score (nSPS) is 13.1. The molecule has 12 nitrogen and oxygen atoms in total. The molecule has 12 heteroatoms. The van der Waals surface area contributed by atoms with E-state index in [1.807, 2.05) is 0 Å². The molecule has 2 atom stereocenters. The summed E-state index contributed by atoms with van der Waals surface area (Å²) in [6.45, 7) is 0. The topological polar surface area (TPSA) is 155 Å². The first-order chi connectivity index (χ1) is 11.5. The fraction of sp³-hybridized carbons (Fsp3) is 0.500. The lowest BCUT2D eigenvalue weighted by atomic mass is 10.2. The molecule has 0 bridgehead atoms. The maximum absolute atomic E-state index is 10.3. The highest BCUT2D eigenvalue weighted by atomic mass is 16.5. The van der Waals surface area contributed by atoms with E-state index in [0.29, 0.717) is 0 Å². The van der Waals surface area contributed by atoms with Crippen LogP contribution >= 0.6 is 0 Å². The quantitative estimate of drug-likeness (QED) is 0.625. The third-order valence-corrected chi connectivity index (χ3v) is 2.78. The molecule has 0 aliphatic carbocycles. The first-order valence-electron chi connectivity index (χ1n) is 6.56. The van der Waals surface area contributed by atoms with Crippen LogP contribution in [0.15, 0.2) is 0 Å². The molecule has 0 saturated heterocycles. The van der Waals surface area contributed by atoms with Gasteiger partial charge in [-0.05, 0) is 0 Å². The monoisotopic (exact) mass is 340 g/mol. The fourth-order valence-corrected chi connectivity index (χ4v) is 1.62.